The van der Waals surface area contributed by atoms with Gasteiger partial charge in [0, 0.05) is 29.8 Å². The average molecular weight is 254 g/mol. The molecule has 0 aliphatic rings. The van der Waals surface area contributed by atoms with Crippen LogP contribution in [0.1, 0.15) is 41.0 Å². The predicted molar refractivity (Wildman–Crippen MR) is 75.3 cm³/mol. The molecular formula is C16H18N2O. The summed E-state index contributed by atoms with van der Waals surface area (Å²) in [6, 6.07) is 5.76. The Hall–Kier alpha value is -2.03. The number of rotatable bonds is 5. The number of carbonyl (C=O) groups excluding carboxylic acids is 1. The summed E-state index contributed by atoms with van der Waals surface area (Å²) >= 11 is 0. The highest BCUT2D eigenvalue weighted by Crippen LogP contribution is 2.12. The summed E-state index contributed by atoms with van der Waals surface area (Å²) in [6.45, 7) is 4.12. The van der Waals surface area contributed by atoms with E-state index in [4.69, 9.17) is 0 Å². The van der Waals surface area contributed by atoms with Crippen molar-refractivity contribution in [2.24, 2.45) is 0 Å². The monoisotopic (exact) mass is 254 g/mol. The van der Waals surface area contributed by atoms with Crippen LogP contribution in [0.5, 0.6) is 0 Å². The molecule has 0 saturated carbocycles. The SMILES string of the molecule is CCc1ccc(CC(=O)c2ccncc2CC)nc1. The lowest BCUT2D eigenvalue weighted by atomic mass is 10.0. The number of hydrogen-bond acceptors (Lipinski definition) is 3. The van der Waals surface area contributed by atoms with Crippen LogP contribution in [0.2, 0.25) is 0 Å². The van der Waals surface area contributed by atoms with Gasteiger partial charge < -0.3 is 0 Å². The van der Waals surface area contributed by atoms with Crippen LogP contribution in [-0.2, 0) is 19.3 Å². The molecule has 0 N–H and O–H groups in total. The second kappa shape index (κ2) is 6.23. The minimum absolute atomic E-state index is 0.107. The first kappa shape index (κ1) is 13.4. The molecule has 98 valence electrons. The molecule has 19 heavy (non-hydrogen) atoms. The summed E-state index contributed by atoms with van der Waals surface area (Å²) in [5, 5.41) is 0. The van der Waals surface area contributed by atoms with E-state index in [0.717, 1.165) is 29.7 Å². The molecule has 2 aromatic rings. The molecule has 2 rings (SSSR count). The number of pyridine rings is 2. The molecule has 3 heteroatoms. The summed E-state index contributed by atoms with van der Waals surface area (Å²) in [5.41, 5.74) is 3.77. The molecule has 0 atom stereocenters. The second-order valence-corrected chi connectivity index (χ2v) is 4.50. The van der Waals surface area contributed by atoms with Crippen LogP contribution in [0.4, 0.5) is 0 Å². The van der Waals surface area contributed by atoms with Crippen LogP contribution < -0.4 is 0 Å². The van der Waals surface area contributed by atoms with Crippen molar-refractivity contribution >= 4 is 5.78 Å². The van der Waals surface area contributed by atoms with Crippen molar-refractivity contribution in [2.45, 2.75) is 33.1 Å². The Morgan fingerprint density at radius 3 is 2.58 bits per heavy atom. The fourth-order valence-corrected chi connectivity index (χ4v) is 2.01. The number of hydrogen-bond donors (Lipinski definition) is 0. The minimum Gasteiger partial charge on any atom is -0.294 e. The molecule has 0 aliphatic heterocycles. The Bertz CT molecular complexity index is 561. The van der Waals surface area contributed by atoms with E-state index < -0.39 is 0 Å². The highest BCUT2D eigenvalue weighted by molar-refractivity contribution is 5.98. The van der Waals surface area contributed by atoms with Gasteiger partial charge >= 0.3 is 0 Å². The van der Waals surface area contributed by atoms with E-state index in [1.807, 2.05) is 25.3 Å². The van der Waals surface area contributed by atoms with Gasteiger partial charge in [-0.15, -0.1) is 0 Å². The largest absolute Gasteiger partial charge is 0.294 e. The molecular weight excluding hydrogens is 236 g/mol. The van der Waals surface area contributed by atoms with E-state index in [9.17, 15) is 4.79 Å². The Kier molecular flexibility index (Phi) is 4.39. The third kappa shape index (κ3) is 3.25. The van der Waals surface area contributed by atoms with Crippen molar-refractivity contribution in [1.29, 1.82) is 0 Å². The van der Waals surface area contributed by atoms with Gasteiger partial charge in [0.15, 0.2) is 5.78 Å². The molecule has 0 aromatic carbocycles. The maximum Gasteiger partial charge on any atom is 0.169 e. The first-order chi connectivity index (χ1) is 9.24. The Morgan fingerprint density at radius 2 is 1.95 bits per heavy atom. The van der Waals surface area contributed by atoms with Gasteiger partial charge in [0.2, 0.25) is 0 Å². The lowest BCUT2D eigenvalue weighted by Crippen LogP contribution is -2.08. The molecule has 0 radical (unpaired) electrons. The number of Topliss-reactive ketones (excluding diaryl/α,β-unsaturated/α-hetero) is 1. The van der Waals surface area contributed by atoms with Gasteiger partial charge in [0.05, 0.1) is 6.42 Å². The van der Waals surface area contributed by atoms with Gasteiger partial charge in [-0.1, -0.05) is 19.9 Å². The molecule has 0 bridgehead atoms. The zero-order valence-corrected chi connectivity index (χ0v) is 11.4. The topological polar surface area (TPSA) is 42.9 Å². The van der Waals surface area contributed by atoms with Crippen LogP contribution >= 0.6 is 0 Å². The van der Waals surface area contributed by atoms with Crippen molar-refractivity contribution in [2.75, 3.05) is 0 Å². The highest BCUT2D eigenvalue weighted by atomic mass is 16.1. The maximum absolute atomic E-state index is 12.3. The van der Waals surface area contributed by atoms with Crippen molar-refractivity contribution in [3.05, 3.63) is 59.2 Å². The van der Waals surface area contributed by atoms with Crippen molar-refractivity contribution in [3.8, 4) is 0 Å². The van der Waals surface area contributed by atoms with Gasteiger partial charge in [-0.3, -0.25) is 14.8 Å². The van der Waals surface area contributed by atoms with Gasteiger partial charge in [0.1, 0.15) is 0 Å². The normalized spacial score (nSPS) is 10.4. The minimum atomic E-state index is 0.107. The number of nitrogens with zero attached hydrogens (tertiary/aromatic N) is 2. The first-order valence-electron chi connectivity index (χ1n) is 6.64. The van der Waals surface area contributed by atoms with Crippen LogP contribution in [0, 0.1) is 0 Å². The van der Waals surface area contributed by atoms with E-state index in [1.165, 1.54) is 5.56 Å². The summed E-state index contributed by atoms with van der Waals surface area (Å²) in [7, 11) is 0. The highest BCUT2D eigenvalue weighted by Gasteiger charge is 2.11. The van der Waals surface area contributed by atoms with Crippen LogP contribution in [0.3, 0.4) is 0 Å². The fraction of sp³-hybridized carbons (Fsp3) is 0.312. The fourth-order valence-electron chi connectivity index (χ4n) is 2.01. The first-order valence-corrected chi connectivity index (χ1v) is 6.64. The number of ketones is 1. The molecule has 2 aromatic heterocycles. The van der Waals surface area contributed by atoms with E-state index in [0.29, 0.717) is 6.42 Å². The molecule has 0 amide bonds. The Labute approximate surface area is 113 Å². The number of carbonyl (C=O) groups is 1. The zero-order valence-electron chi connectivity index (χ0n) is 11.4. The van der Waals surface area contributed by atoms with Crippen molar-refractivity contribution < 1.29 is 4.79 Å². The summed E-state index contributed by atoms with van der Waals surface area (Å²) in [5.74, 6) is 0.107. The third-order valence-corrected chi connectivity index (χ3v) is 3.22. The zero-order chi connectivity index (χ0) is 13.7. The van der Waals surface area contributed by atoms with Crippen molar-refractivity contribution in [3.63, 3.8) is 0 Å². The van der Waals surface area contributed by atoms with E-state index >= 15 is 0 Å². The smallest absolute Gasteiger partial charge is 0.169 e. The van der Waals surface area contributed by atoms with Crippen molar-refractivity contribution in [1.82, 2.24) is 9.97 Å². The van der Waals surface area contributed by atoms with Gasteiger partial charge in [0.25, 0.3) is 0 Å². The Balaban J connectivity index is 2.16. The van der Waals surface area contributed by atoms with Gasteiger partial charge in [-0.05, 0) is 36.1 Å². The summed E-state index contributed by atoms with van der Waals surface area (Å²) in [6.07, 6.45) is 7.40. The van der Waals surface area contributed by atoms with Gasteiger partial charge in [-0.25, -0.2) is 0 Å². The van der Waals surface area contributed by atoms with Gasteiger partial charge in [-0.2, -0.15) is 0 Å². The lowest BCUT2D eigenvalue weighted by molar-refractivity contribution is 0.0991. The van der Waals surface area contributed by atoms with Crippen LogP contribution in [0.25, 0.3) is 0 Å². The Morgan fingerprint density at radius 1 is 1.11 bits per heavy atom. The number of aryl methyl sites for hydroxylation is 2. The number of aromatic nitrogens is 2. The second-order valence-electron chi connectivity index (χ2n) is 4.50. The molecule has 0 aliphatic carbocycles. The maximum atomic E-state index is 12.3. The molecule has 0 saturated heterocycles. The summed E-state index contributed by atoms with van der Waals surface area (Å²) < 4.78 is 0. The van der Waals surface area contributed by atoms with E-state index in [2.05, 4.69) is 16.9 Å². The predicted octanol–water partition coefficient (Wildman–Crippen LogP) is 3.03. The standard InChI is InChI=1S/C16H18N2O/c1-3-12-5-6-14(18-10-12)9-16(19)15-7-8-17-11-13(15)4-2/h5-8,10-11H,3-4,9H2,1-2H3. The third-order valence-electron chi connectivity index (χ3n) is 3.22. The average Bonchev–Trinajstić information content (AvgIpc) is 2.48. The summed E-state index contributed by atoms with van der Waals surface area (Å²) in [4.78, 5) is 20.7. The van der Waals surface area contributed by atoms with Crippen LogP contribution in [0.15, 0.2) is 36.8 Å². The molecule has 0 unspecified atom stereocenters. The lowest BCUT2D eigenvalue weighted by Gasteiger charge is -2.06. The molecule has 0 spiro atoms. The van der Waals surface area contributed by atoms with E-state index in [-0.39, 0.29) is 5.78 Å². The quantitative estimate of drug-likeness (QED) is 0.770. The molecule has 0 fully saturated rings. The molecule has 3 nitrogen and oxygen atoms in total. The van der Waals surface area contributed by atoms with E-state index in [1.54, 1.807) is 18.5 Å². The van der Waals surface area contributed by atoms with Crippen LogP contribution in [-0.4, -0.2) is 15.8 Å². The molecule has 2 heterocycles.